The Balaban J connectivity index is 2.32. The highest BCUT2D eigenvalue weighted by Gasteiger charge is 1.82. The number of rotatable bonds is 0. The summed E-state index contributed by atoms with van der Waals surface area (Å²) in [6.07, 6.45) is -0.194. The van der Waals surface area contributed by atoms with Crippen LogP contribution in [0.1, 0.15) is 0 Å². The van der Waals surface area contributed by atoms with Gasteiger partial charge in [-0.3, -0.25) is 0 Å². The van der Waals surface area contributed by atoms with Crippen LogP contribution in [0.3, 0.4) is 0 Å². The molecular formula is CH5BClN. The molecule has 0 aromatic heterocycles. The van der Waals surface area contributed by atoms with Crippen LogP contribution in [0.4, 0.5) is 0 Å². The number of hydrogen-bond donors (Lipinski definition) is 1. The molecule has 0 bridgehead atoms. The van der Waals surface area contributed by atoms with Crippen molar-refractivity contribution in [2.45, 2.75) is 6.82 Å². The van der Waals surface area contributed by atoms with Crippen LogP contribution in [0.15, 0.2) is 0 Å². The molecule has 0 aliphatic rings. The molecule has 0 aromatic rings. The smallest absolute Gasteiger partial charge is 0.322 e. The van der Waals surface area contributed by atoms with Crippen LogP contribution in [0, 0.1) is 0 Å². The summed E-state index contributed by atoms with van der Waals surface area (Å²) in [5.41, 5.74) is 4.88. The van der Waals surface area contributed by atoms with Crippen LogP contribution in [-0.4, -0.2) is 6.26 Å². The number of hydrogen-bond acceptors (Lipinski definition) is 1. The Labute approximate surface area is 31.1 Å². The van der Waals surface area contributed by atoms with Gasteiger partial charge in [0.1, 0.15) is 0 Å². The van der Waals surface area contributed by atoms with Gasteiger partial charge in [0, 0.05) is 0 Å². The van der Waals surface area contributed by atoms with Gasteiger partial charge in [-0.15, -0.1) is 0 Å². The zero-order valence-electron chi connectivity index (χ0n) is 2.53. The van der Waals surface area contributed by atoms with Crippen molar-refractivity contribution in [3.8, 4) is 0 Å². The minimum absolute atomic E-state index is 0.194. The molecule has 2 N–H and O–H groups in total. The third-order valence-electron chi connectivity index (χ3n) is 0. The summed E-state index contributed by atoms with van der Waals surface area (Å²) in [6, 6.07) is 0. The Hall–Kier alpha value is 0.315. The van der Waals surface area contributed by atoms with Crippen molar-refractivity contribution >= 4 is 17.7 Å². The molecule has 24 valence electrons. The second kappa shape index (κ2) is 1.62. The molecule has 0 fully saturated rings. The molecule has 0 unspecified atom stereocenters. The maximum Gasteiger partial charge on any atom is 0.322 e. The van der Waals surface area contributed by atoms with Gasteiger partial charge in [0.05, 0.1) is 0 Å². The maximum absolute atomic E-state index is 5.05. The van der Waals surface area contributed by atoms with Crippen molar-refractivity contribution < 1.29 is 0 Å². The van der Waals surface area contributed by atoms with Crippen LogP contribution < -0.4 is 5.64 Å². The fraction of sp³-hybridized carbons (Fsp3) is 1.00. The lowest BCUT2D eigenvalue weighted by atomic mass is 10.0. The molecule has 4 heavy (non-hydrogen) atoms. The fourth-order valence-electron chi connectivity index (χ4n) is 0. The maximum atomic E-state index is 5.05. The van der Waals surface area contributed by atoms with Gasteiger partial charge in [0.2, 0.25) is 0 Å². The largest absolute Gasteiger partial charge is 0.356 e. The summed E-state index contributed by atoms with van der Waals surface area (Å²) in [4.78, 5) is 0. The van der Waals surface area contributed by atoms with Gasteiger partial charge >= 0.3 is 6.26 Å². The highest BCUT2D eigenvalue weighted by molar-refractivity contribution is 7.04. The topological polar surface area (TPSA) is 26.0 Å². The Kier molecular flexibility index (Phi) is 1.74. The van der Waals surface area contributed by atoms with E-state index in [2.05, 4.69) is 0 Å². The lowest BCUT2D eigenvalue weighted by Crippen LogP contribution is -2.10. The van der Waals surface area contributed by atoms with Gasteiger partial charge in [0.25, 0.3) is 0 Å². The third kappa shape index (κ3) is 40.4. The van der Waals surface area contributed by atoms with Crippen molar-refractivity contribution in [1.82, 2.24) is 0 Å². The van der Waals surface area contributed by atoms with Crippen LogP contribution in [0.5, 0.6) is 0 Å². The van der Waals surface area contributed by atoms with Gasteiger partial charge in [-0.2, -0.15) is 11.5 Å². The van der Waals surface area contributed by atoms with E-state index in [9.17, 15) is 0 Å². The molecule has 1 nitrogen and oxygen atoms in total. The first-order valence-corrected chi connectivity index (χ1v) is 1.57. The van der Waals surface area contributed by atoms with Crippen LogP contribution in [0.2, 0.25) is 6.82 Å². The van der Waals surface area contributed by atoms with Gasteiger partial charge in [-0.25, -0.2) is 0 Å². The average Bonchev–Trinajstić information content (AvgIpc) is 0.811. The normalized spacial score (nSPS) is 6.75. The predicted octanol–water partition coefficient (Wildman–Crippen LogP) is 0.302. The third-order valence-corrected chi connectivity index (χ3v) is 0. The van der Waals surface area contributed by atoms with E-state index in [0.29, 0.717) is 0 Å². The van der Waals surface area contributed by atoms with Crippen molar-refractivity contribution in [2.24, 2.45) is 5.64 Å². The van der Waals surface area contributed by atoms with Crippen molar-refractivity contribution in [3.05, 3.63) is 0 Å². The summed E-state index contributed by atoms with van der Waals surface area (Å²) in [7, 11) is 0. The summed E-state index contributed by atoms with van der Waals surface area (Å²) >= 11 is 5.05. The van der Waals surface area contributed by atoms with Gasteiger partial charge in [-0.05, 0) is 0 Å². The van der Waals surface area contributed by atoms with Crippen molar-refractivity contribution in [2.75, 3.05) is 0 Å². The first kappa shape index (κ1) is 4.31. The first-order chi connectivity index (χ1) is 1.73. The highest BCUT2D eigenvalue weighted by Crippen LogP contribution is 1.68. The second-order valence-electron chi connectivity index (χ2n) is 0.678. The van der Waals surface area contributed by atoms with Crippen molar-refractivity contribution in [3.63, 3.8) is 0 Å². The number of nitrogens with two attached hydrogens (primary N) is 1. The minimum atomic E-state index is -0.194. The quantitative estimate of drug-likeness (QED) is 0.414. The van der Waals surface area contributed by atoms with Gasteiger partial charge in [0.15, 0.2) is 0 Å². The molecule has 0 spiro atoms. The monoisotopic (exact) mass is 77.0 g/mol. The summed E-state index contributed by atoms with van der Waals surface area (Å²) in [5.74, 6) is 0. The minimum Gasteiger partial charge on any atom is -0.356 e. The van der Waals surface area contributed by atoms with Crippen molar-refractivity contribution in [1.29, 1.82) is 0 Å². The number of halogens is 1. The molecule has 0 amide bonds. The Morgan fingerprint density at radius 2 is 2.00 bits per heavy atom. The summed E-state index contributed by atoms with van der Waals surface area (Å²) in [6.45, 7) is 1.71. The zero-order chi connectivity index (χ0) is 3.58. The Morgan fingerprint density at radius 3 is 2.00 bits per heavy atom. The Morgan fingerprint density at radius 1 is 2.00 bits per heavy atom. The summed E-state index contributed by atoms with van der Waals surface area (Å²) < 4.78 is 0. The van der Waals surface area contributed by atoms with E-state index in [0.717, 1.165) is 0 Å². The molecule has 0 rings (SSSR count). The molecular weight excluding hydrogens is 72.3 g/mol. The molecule has 0 saturated heterocycles. The molecule has 0 aliphatic carbocycles. The fourth-order valence-corrected chi connectivity index (χ4v) is 0. The molecule has 0 heterocycles. The second-order valence-corrected chi connectivity index (χ2v) is 1.37. The van der Waals surface area contributed by atoms with Gasteiger partial charge in [-0.1, -0.05) is 6.82 Å². The lowest BCUT2D eigenvalue weighted by molar-refractivity contribution is 1.86. The van der Waals surface area contributed by atoms with Gasteiger partial charge < -0.3 is 5.64 Å². The SMILES string of the molecule is CB(N)Cl. The molecule has 0 aromatic carbocycles. The molecule has 0 saturated carbocycles. The van der Waals surface area contributed by atoms with E-state index in [-0.39, 0.29) is 6.26 Å². The average molecular weight is 77.3 g/mol. The van der Waals surface area contributed by atoms with E-state index >= 15 is 0 Å². The van der Waals surface area contributed by atoms with Crippen LogP contribution >= 0.6 is 11.5 Å². The summed E-state index contributed by atoms with van der Waals surface area (Å²) in [5, 5.41) is 0. The molecule has 0 atom stereocenters. The zero-order valence-corrected chi connectivity index (χ0v) is 3.29. The predicted molar refractivity (Wildman–Crippen MR) is 21.7 cm³/mol. The van der Waals surface area contributed by atoms with E-state index in [1.165, 1.54) is 0 Å². The Bertz CT molecular complexity index is 12.8. The molecule has 0 aliphatic heterocycles. The van der Waals surface area contributed by atoms with Crippen LogP contribution in [-0.2, 0) is 0 Å². The van der Waals surface area contributed by atoms with E-state index in [1.807, 2.05) is 0 Å². The molecule has 0 radical (unpaired) electrons. The standard InChI is InChI=1S/CH5BClN/c1-2(3)4/h4H2,1H3. The first-order valence-electron chi connectivity index (χ1n) is 1.13. The molecule has 3 heteroatoms. The lowest BCUT2D eigenvalue weighted by Gasteiger charge is -1.69. The van der Waals surface area contributed by atoms with E-state index in [1.54, 1.807) is 6.82 Å². The highest BCUT2D eigenvalue weighted by atomic mass is 35.5. The van der Waals surface area contributed by atoms with Crippen LogP contribution in [0.25, 0.3) is 0 Å². The van der Waals surface area contributed by atoms with E-state index in [4.69, 9.17) is 17.1 Å². The van der Waals surface area contributed by atoms with E-state index < -0.39 is 0 Å².